The van der Waals surface area contributed by atoms with Crippen LogP contribution in [0.4, 0.5) is 0 Å². The minimum absolute atomic E-state index is 0.0423. The van der Waals surface area contributed by atoms with Gasteiger partial charge in [0.05, 0.1) is 13.2 Å². The number of methoxy groups -OCH3 is 1. The summed E-state index contributed by atoms with van der Waals surface area (Å²) >= 11 is 0. The molecule has 0 amide bonds. The molecule has 7 heteroatoms. The Morgan fingerprint density at radius 1 is 1.22 bits per heavy atom. The SMILES string of the molecule is CCNC(=NCC1(NC(C)c2ccccc2)CCOCC1)NC1CCN(CCOC)CC1. The number of nitrogens with one attached hydrogen (secondary N) is 3. The van der Waals surface area contributed by atoms with Crippen molar-refractivity contribution in [3.63, 3.8) is 0 Å². The molecule has 3 rings (SSSR count). The molecule has 32 heavy (non-hydrogen) atoms. The molecule has 0 aliphatic carbocycles. The van der Waals surface area contributed by atoms with Crippen LogP contribution in [0, 0.1) is 0 Å². The topological polar surface area (TPSA) is 70.2 Å². The molecule has 1 unspecified atom stereocenters. The number of nitrogens with zero attached hydrogens (tertiary/aromatic N) is 2. The van der Waals surface area contributed by atoms with Crippen LogP contribution in [0.3, 0.4) is 0 Å². The Hall–Kier alpha value is -1.67. The second-order valence-electron chi connectivity index (χ2n) is 9.12. The van der Waals surface area contributed by atoms with E-state index in [0.29, 0.717) is 6.04 Å². The molecule has 2 heterocycles. The van der Waals surface area contributed by atoms with Crippen LogP contribution in [-0.4, -0.2) is 82.1 Å². The van der Waals surface area contributed by atoms with E-state index >= 15 is 0 Å². The molecule has 7 nitrogen and oxygen atoms in total. The van der Waals surface area contributed by atoms with Gasteiger partial charge in [-0.15, -0.1) is 0 Å². The lowest BCUT2D eigenvalue weighted by molar-refractivity contribution is 0.0374. The third kappa shape index (κ3) is 7.73. The van der Waals surface area contributed by atoms with Crippen LogP contribution < -0.4 is 16.0 Å². The first-order valence-corrected chi connectivity index (χ1v) is 12.3. The second kappa shape index (κ2) is 13.1. The number of hydrogen-bond donors (Lipinski definition) is 3. The van der Waals surface area contributed by atoms with E-state index in [1.807, 2.05) is 0 Å². The van der Waals surface area contributed by atoms with Crippen molar-refractivity contribution in [2.24, 2.45) is 4.99 Å². The Kier molecular flexibility index (Phi) is 10.2. The summed E-state index contributed by atoms with van der Waals surface area (Å²) in [5.41, 5.74) is 1.27. The lowest BCUT2D eigenvalue weighted by Crippen LogP contribution is -2.54. The van der Waals surface area contributed by atoms with Crippen LogP contribution in [0.2, 0.25) is 0 Å². The van der Waals surface area contributed by atoms with Gasteiger partial charge in [0.1, 0.15) is 0 Å². The zero-order valence-electron chi connectivity index (χ0n) is 20.2. The number of rotatable bonds is 10. The molecular formula is C25H43N5O2. The van der Waals surface area contributed by atoms with Crippen molar-refractivity contribution in [2.45, 2.75) is 57.2 Å². The molecule has 0 bridgehead atoms. The van der Waals surface area contributed by atoms with Gasteiger partial charge in [-0.3, -0.25) is 4.99 Å². The quantitative estimate of drug-likeness (QED) is 0.380. The smallest absolute Gasteiger partial charge is 0.191 e. The van der Waals surface area contributed by atoms with E-state index in [4.69, 9.17) is 14.5 Å². The zero-order chi connectivity index (χ0) is 22.7. The molecule has 2 aliphatic heterocycles. The Balaban J connectivity index is 1.60. The van der Waals surface area contributed by atoms with Gasteiger partial charge < -0.3 is 30.3 Å². The van der Waals surface area contributed by atoms with E-state index in [9.17, 15) is 0 Å². The van der Waals surface area contributed by atoms with Gasteiger partial charge in [0.25, 0.3) is 0 Å². The predicted octanol–water partition coefficient (Wildman–Crippen LogP) is 2.55. The summed E-state index contributed by atoms with van der Waals surface area (Å²) < 4.78 is 10.9. The summed E-state index contributed by atoms with van der Waals surface area (Å²) in [5, 5.41) is 11.1. The van der Waals surface area contributed by atoms with Gasteiger partial charge in [-0.2, -0.15) is 0 Å². The van der Waals surface area contributed by atoms with Gasteiger partial charge in [0.15, 0.2) is 5.96 Å². The Morgan fingerprint density at radius 2 is 1.94 bits per heavy atom. The number of benzene rings is 1. The highest BCUT2D eigenvalue weighted by Gasteiger charge is 2.34. The summed E-state index contributed by atoms with van der Waals surface area (Å²) in [6.07, 6.45) is 4.22. The summed E-state index contributed by atoms with van der Waals surface area (Å²) in [6, 6.07) is 11.4. The first-order valence-electron chi connectivity index (χ1n) is 12.3. The fourth-order valence-electron chi connectivity index (χ4n) is 4.66. The fourth-order valence-corrected chi connectivity index (χ4v) is 4.66. The third-order valence-corrected chi connectivity index (χ3v) is 6.70. The van der Waals surface area contributed by atoms with Crippen LogP contribution in [0.5, 0.6) is 0 Å². The number of hydrogen-bond acceptors (Lipinski definition) is 5. The standard InChI is InChI=1S/C25H43N5O2/c1-4-26-24(28-23-10-14-30(15-11-23)16-19-31-3)27-20-25(12-17-32-18-13-25)29-21(2)22-8-6-5-7-9-22/h5-9,21,23,29H,4,10-20H2,1-3H3,(H2,26,27,28). The van der Waals surface area contributed by atoms with Gasteiger partial charge in [0.2, 0.25) is 0 Å². The lowest BCUT2D eigenvalue weighted by atomic mass is 9.88. The molecule has 1 aromatic carbocycles. The number of guanidine groups is 1. The van der Waals surface area contributed by atoms with Crippen molar-refractivity contribution in [2.75, 3.05) is 59.7 Å². The van der Waals surface area contributed by atoms with Gasteiger partial charge in [-0.05, 0) is 45.1 Å². The molecule has 1 atom stereocenters. The van der Waals surface area contributed by atoms with Crippen molar-refractivity contribution >= 4 is 5.96 Å². The monoisotopic (exact) mass is 445 g/mol. The van der Waals surface area contributed by atoms with E-state index in [1.54, 1.807) is 7.11 Å². The molecule has 2 fully saturated rings. The maximum atomic E-state index is 5.69. The molecule has 2 aliphatic rings. The van der Waals surface area contributed by atoms with Gasteiger partial charge in [-0.1, -0.05) is 30.3 Å². The van der Waals surface area contributed by atoms with E-state index < -0.39 is 0 Å². The minimum Gasteiger partial charge on any atom is -0.383 e. The summed E-state index contributed by atoms with van der Waals surface area (Å²) in [5.74, 6) is 0.933. The maximum Gasteiger partial charge on any atom is 0.191 e. The van der Waals surface area contributed by atoms with Crippen molar-refractivity contribution in [3.05, 3.63) is 35.9 Å². The molecule has 2 saturated heterocycles. The van der Waals surface area contributed by atoms with Gasteiger partial charge in [0, 0.05) is 64.1 Å². The van der Waals surface area contributed by atoms with E-state index in [-0.39, 0.29) is 11.6 Å². The largest absolute Gasteiger partial charge is 0.383 e. The highest BCUT2D eigenvalue weighted by Crippen LogP contribution is 2.26. The molecule has 0 spiro atoms. The Labute approximate surface area is 194 Å². The fraction of sp³-hybridized carbons (Fsp3) is 0.720. The summed E-state index contributed by atoms with van der Waals surface area (Å²) in [4.78, 5) is 7.55. The van der Waals surface area contributed by atoms with Gasteiger partial charge >= 0.3 is 0 Å². The van der Waals surface area contributed by atoms with Crippen LogP contribution in [0.1, 0.15) is 51.1 Å². The van der Waals surface area contributed by atoms with Crippen LogP contribution in [0.25, 0.3) is 0 Å². The first kappa shape index (κ1) is 25.0. The molecule has 0 aromatic heterocycles. The molecule has 1 aromatic rings. The van der Waals surface area contributed by atoms with Crippen molar-refractivity contribution in [1.82, 2.24) is 20.9 Å². The summed E-state index contributed by atoms with van der Waals surface area (Å²) in [7, 11) is 1.77. The highest BCUT2D eigenvalue weighted by molar-refractivity contribution is 5.80. The number of likely N-dealkylation sites (tertiary alicyclic amines) is 1. The van der Waals surface area contributed by atoms with Crippen molar-refractivity contribution in [3.8, 4) is 0 Å². The molecule has 0 radical (unpaired) electrons. The zero-order valence-corrected chi connectivity index (χ0v) is 20.2. The second-order valence-corrected chi connectivity index (χ2v) is 9.12. The van der Waals surface area contributed by atoms with Crippen LogP contribution >= 0.6 is 0 Å². The van der Waals surface area contributed by atoms with E-state index in [2.05, 4.69) is 65.0 Å². The maximum absolute atomic E-state index is 5.69. The average Bonchev–Trinajstić information content (AvgIpc) is 2.83. The highest BCUT2D eigenvalue weighted by atomic mass is 16.5. The molecular weight excluding hydrogens is 402 g/mol. The van der Waals surface area contributed by atoms with E-state index in [1.165, 1.54) is 5.56 Å². The lowest BCUT2D eigenvalue weighted by Gasteiger charge is -2.39. The normalized spacial score (nSPS) is 21.3. The average molecular weight is 446 g/mol. The Morgan fingerprint density at radius 3 is 2.59 bits per heavy atom. The van der Waals surface area contributed by atoms with Crippen LogP contribution in [0.15, 0.2) is 35.3 Å². The van der Waals surface area contributed by atoms with Gasteiger partial charge in [-0.25, -0.2) is 0 Å². The van der Waals surface area contributed by atoms with Crippen molar-refractivity contribution in [1.29, 1.82) is 0 Å². The first-order chi connectivity index (χ1) is 15.6. The number of ether oxygens (including phenoxy) is 2. The summed E-state index contributed by atoms with van der Waals surface area (Å²) in [6.45, 7) is 11.6. The van der Waals surface area contributed by atoms with E-state index in [0.717, 1.165) is 84.2 Å². The Bertz CT molecular complexity index is 670. The number of aliphatic imine (C=N–C) groups is 1. The van der Waals surface area contributed by atoms with Crippen LogP contribution in [-0.2, 0) is 9.47 Å². The van der Waals surface area contributed by atoms with Crippen molar-refractivity contribution < 1.29 is 9.47 Å². The third-order valence-electron chi connectivity index (χ3n) is 6.70. The molecule has 0 saturated carbocycles. The molecule has 3 N–H and O–H groups in total. The minimum atomic E-state index is -0.0423. The predicted molar refractivity (Wildman–Crippen MR) is 131 cm³/mol. The number of piperidine rings is 1. The molecule has 180 valence electrons.